The van der Waals surface area contributed by atoms with Crippen molar-refractivity contribution in [1.82, 2.24) is 14.3 Å². The molecule has 1 aromatic heterocycles. The van der Waals surface area contributed by atoms with Crippen molar-refractivity contribution in [3.8, 4) is 0 Å². The molecule has 0 spiro atoms. The summed E-state index contributed by atoms with van der Waals surface area (Å²) >= 11 is 0. The van der Waals surface area contributed by atoms with E-state index in [1.165, 1.54) is 16.4 Å². The molecular formula is C23H36F2N4O4S2. The van der Waals surface area contributed by atoms with Crippen LogP contribution in [0.4, 0.5) is 14.6 Å². The van der Waals surface area contributed by atoms with Gasteiger partial charge in [-0.25, -0.2) is 27.9 Å². The molecule has 1 saturated heterocycles. The maximum atomic E-state index is 15.4. The van der Waals surface area contributed by atoms with Crippen LogP contribution in [0.2, 0.25) is 0 Å². The van der Waals surface area contributed by atoms with Crippen molar-refractivity contribution in [2.45, 2.75) is 43.7 Å². The largest absolute Gasteiger partial charge is 0.396 e. The van der Waals surface area contributed by atoms with Crippen LogP contribution in [0.15, 0.2) is 34.3 Å². The van der Waals surface area contributed by atoms with Crippen molar-refractivity contribution in [3.63, 3.8) is 0 Å². The first-order valence-corrected chi connectivity index (χ1v) is 16.2. The van der Waals surface area contributed by atoms with Crippen LogP contribution >= 0.6 is 9.16 Å². The highest BCUT2D eigenvalue weighted by Crippen LogP contribution is 2.79. The summed E-state index contributed by atoms with van der Waals surface area (Å²) < 4.78 is 59.3. The Morgan fingerprint density at radius 3 is 2.23 bits per heavy atom. The van der Waals surface area contributed by atoms with E-state index in [1.54, 1.807) is 6.07 Å². The lowest BCUT2D eigenvalue weighted by atomic mass is 10.1. The molecule has 3 rings (SSSR count). The van der Waals surface area contributed by atoms with Gasteiger partial charge < -0.3 is 10.2 Å². The second-order valence-corrected chi connectivity index (χ2v) is 17.0. The molecule has 2 aromatic rings. The molecule has 0 aliphatic carbocycles. The summed E-state index contributed by atoms with van der Waals surface area (Å²) in [6.07, 6.45) is 0.934. The van der Waals surface area contributed by atoms with Crippen molar-refractivity contribution in [3.05, 3.63) is 41.6 Å². The van der Waals surface area contributed by atoms with E-state index in [2.05, 4.69) is 9.71 Å². The number of halogens is 2. The van der Waals surface area contributed by atoms with Gasteiger partial charge in [-0.05, 0) is 42.2 Å². The number of hydrogen-bond donors (Lipinski definition) is 4. The molecule has 35 heavy (non-hydrogen) atoms. The van der Waals surface area contributed by atoms with E-state index >= 15 is 4.39 Å². The van der Waals surface area contributed by atoms with Crippen LogP contribution in [0, 0.1) is 17.6 Å². The standard InChI is InChI=1S/C23H36F2N4O4S2/c1-4-35(5-2,6-3,20-10-7-9-19(24)22(20)25)23-26-18(13-17(15-30)16-31)14-21(27-23)28-34(32,33)29-11-8-12-29/h7,9-10,14,17,30-31,35H,4-6,8,11-13,15-16H2,1-3H3,(H,26,27,28). The quantitative estimate of drug-likeness (QED) is 0.246. The zero-order chi connectivity index (χ0) is 25.9. The smallest absolute Gasteiger partial charge is 0.302 e. The molecule has 0 radical (unpaired) electrons. The third kappa shape index (κ3) is 4.91. The predicted molar refractivity (Wildman–Crippen MR) is 136 cm³/mol. The van der Waals surface area contributed by atoms with Gasteiger partial charge in [0.05, 0.1) is 0 Å². The molecule has 1 aromatic carbocycles. The number of thiol groups is 1. The second-order valence-electron chi connectivity index (χ2n) is 9.09. The predicted octanol–water partition coefficient (Wildman–Crippen LogP) is 2.81. The average molecular weight is 535 g/mol. The topological polar surface area (TPSA) is 116 Å². The minimum Gasteiger partial charge on any atom is -0.396 e. The second kappa shape index (κ2) is 10.6. The SMILES string of the molecule is CC[SH](CC)(CC)(c1nc(CC(CO)CO)cc(NS(=O)(=O)N2CCC2)n1)c1cccc(F)c1F. The number of nitrogens with one attached hydrogen (secondary N) is 1. The molecule has 1 aliphatic heterocycles. The number of nitrogens with zero attached hydrogens (tertiary/aromatic N) is 3. The maximum Gasteiger partial charge on any atom is 0.302 e. The Morgan fingerprint density at radius 2 is 1.71 bits per heavy atom. The Bertz CT molecular complexity index is 1140. The number of hydrogen-bond acceptors (Lipinski definition) is 6. The molecule has 1 aliphatic rings. The van der Waals surface area contributed by atoms with Crippen LogP contribution in [-0.4, -0.2) is 76.5 Å². The van der Waals surface area contributed by atoms with E-state index in [1.807, 2.05) is 20.8 Å². The van der Waals surface area contributed by atoms with Crippen molar-refractivity contribution in [1.29, 1.82) is 0 Å². The van der Waals surface area contributed by atoms with Gasteiger partial charge in [-0.2, -0.15) is 12.7 Å². The zero-order valence-electron chi connectivity index (χ0n) is 20.4. The minimum absolute atomic E-state index is 0.0349. The fourth-order valence-electron chi connectivity index (χ4n) is 4.77. The third-order valence-corrected chi connectivity index (χ3v) is 16.5. The summed E-state index contributed by atoms with van der Waals surface area (Å²) in [6, 6.07) is 5.61. The summed E-state index contributed by atoms with van der Waals surface area (Å²) in [5.74, 6) is -1.02. The summed E-state index contributed by atoms with van der Waals surface area (Å²) in [7, 11) is -7.39. The van der Waals surface area contributed by atoms with Gasteiger partial charge >= 0.3 is 10.2 Å². The fourth-order valence-corrected chi connectivity index (χ4v) is 11.3. The van der Waals surface area contributed by atoms with Gasteiger partial charge in [0.25, 0.3) is 0 Å². The zero-order valence-corrected chi connectivity index (χ0v) is 22.1. The Labute approximate surface area is 206 Å². The lowest BCUT2D eigenvalue weighted by Crippen LogP contribution is -2.45. The Balaban J connectivity index is 2.28. The Morgan fingerprint density at radius 1 is 1.09 bits per heavy atom. The molecule has 0 saturated carbocycles. The molecular weight excluding hydrogens is 498 g/mol. The highest BCUT2D eigenvalue weighted by atomic mass is 32.3. The lowest BCUT2D eigenvalue weighted by molar-refractivity contribution is 0.149. The molecule has 1 fully saturated rings. The molecule has 0 amide bonds. The number of rotatable bonds is 12. The van der Waals surface area contributed by atoms with Crippen LogP contribution in [0.1, 0.15) is 32.9 Å². The normalized spacial score (nSPS) is 16.1. The van der Waals surface area contributed by atoms with E-state index in [4.69, 9.17) is 4.98 Å². The first-order valence-electron chi connectivity index (χ1n) is 11.9. The van der Waals surface area contributed by atoms with Gasteiger partial charge in [-0.1, -0.05) is 26.8 Å². The number of aliphatic hydroxyl groups excluding tert-OH is 2. The fraction of sp³-hybridized carbons (Fsp3) is 0.565. The van der Waals surface area contributed by atoms with Crippen LogP contribution in [-0.2, 0) is 16.6 Å². The number of anilines is 1. The van der Waals surface area contributed by atoms with Crippen LogP contribution < -0.4 is 4.72 Å². The highest BCUT2D eigenvalue weighted by Gasteiger charge is 2.46. The van der Waals surface area contributed by atoms with Gasteiger partial charge in [-0.15, -0.1) is 0 Å². The van der Waals surface area contributed by atoms with Crippen molar-refractivity contribution >= 4 is 25.2 Å². The molecule has 198 valence electrons. The van der Waals surface area contributed by atoms with Crippen molar-refractivity contribution in [2.24, 2.45) is 5.92 Å². The lowest BCUT2D eigenvalue weighted by Gasteiger charge is -2.59. The van der Waals surface area contributed by atoms with E-state index in [0.29, 0.717) is 41.2 Å². The van der Waals surface area contributed by atoms with Crippen LogP contribution in [0.25, 0.3) is 0 Å². The van der Waals surface area contributed by atoms with E-state index in [-0.39, 0.29) is 30.3 Å². The van der Waals surface area contributed by atoms with Crippen LogP contribution in [0.3, 0.4) is 0 Å². The molecule has 2 heterocycles. The molecule has 8 nitrogen and oxygen atoms in total. The Kier molecular flexibility index (Phi) is 8.42. The van der Waals surface area contributed by atoms with Gasteiger partial charge in [0.15, 0.2) is 16.8 Å². The minimum atomic E-state index is -3.84. The molecule has 0 bridgehead atoms. The van der Waals surface area contributed by atoms with Gasteiger partial charge in [0.1, 0.15) is 5.82 Å². The number of aromatic nitrogens is 2. The van der Waals surface area contributed by atoms with E-state index in [0.717, 1.165) is 12.5 Å². The highest BCUT2D eigenvalue weighted by molar-refractivity contribution is 8.49. The first kappa shape index (κ1) is 27.7. The third-order valence-electron chi connectivity index (χ3n) is 7.55. The van der Waals surface area contributed by atoms with Crippen molar-refractivity contribution in [2.75, 3.05) is 48.3 Å². The maximum absolute atomic E-state index is 15.4. The molecule has 0 atom stereocenters. The van der Waals surface area contributed by atoms with Crippen LogP contribution in [0.5, 0.6) is 0 Å². The molecule has 12 heteroatoms. The van der Waals surface area contributed by atoms with E-state index < -0.39 is 36.9 Å². The summed E-state index contributed by atoms with van der Waals surface area (Å²) in [5.41, 5.74) is 0.408. The molecule has 3 N–H and O–H groups in total. The summed E-state index contributed by atoms with van der Waals surface area (Å²) in [5, 5.41) is 19.5. The number of aliphatic hydroxyl groups is 2. The first-order chi connectivity index (χ1) is 16.6. The average Bonchev–Trinajstić information content (AvgIpc) is 2.80. The van der Waals surface area contributed by atoms with Crippen molar-refractivity contribution < 1.29 is 27.4 Å². The monoisotopic (exact) mass is 534 g/mol. The Hall–Kier alpha value is -1.86. The summed E-state index contributed by atoms with van der Waals surface area (Å²) in [6.45, 7) is 5.94. The van der Waals surface area contributed by atoms with Gasteiger partial charge in [-0.3, -0.25) is 4.72 Å². The summed E-state index contributed by atoms with van der Waals surface area (Å²) in [4.78, 5) is 9.64. The van der Waals surface area contributed by atoms with Gasteiger partial charge in [0, 0.05) is 48.9 Å². The number of benzene rings is 1. The molecule has 0 unspecified atom stereocenters. The van der Waals surface area contributed by atoms with E-state index in [9.17, 15) is 23.0 Å². The van der Waals surface area contributed by atoms with Gasteiger partial charge in [0.2, 0.25) is 0 Å².